The maximum atomic E-state index is 6.84. The van der Waals surface area contributed by atoms with E-state index in [-0.39, 0.29) is 0 Å². The van der Waals surface area contributed by atoms with Crippen LogP contribution in [0.1, 0.15) is 47.1 Å². The van der Waals surface area contributed by atoms with Gasteiger partial charge in [-0.3, -0.25) is 0 Å². The average Bonchev–Trinajstić information content (AvgIpc) is 2.73. The number of hydrogen-bond acceptors (Lipinski definition) is 3. The molecule has 0 bridgehead atoms. The summed E-state index contributed by atoms with van der Waals surface area (Å²) >= 11 is 3.60. The van der Waals surface area contributed by atoms with Gasteiger partial charge in [0.2, 0.25) is 14.2 Å². The lowest BCUT2D eigenvalue weighted by atomic mass is 9.99. The fraction of sp³-hybridized carbons (Fsp3) is 0.423. The van der Waals surface area contributed by atoms with Crippen LogP contribution in [-0.2, 0) is 11.0 Å². The third kappa shape index (κ3) is 4.89. The van der Waals surface area contributed by atoms with Crippen LogP contribution < -0.4 is 4.74 Å². The maximum Gasteiger partial charge on any atom is 0.214 e. The minimum absolute atomic E-state index is 0.571. The van der Waals surface area contributed by atoms with E-state index in [0.717, 1.165) is 26.5 Å². The zero-order chi connectivity index (χ0) is 22.8. The number of hydrogen-bond donors (Lipinski definition) is 0. The number of ether oxygens (including phenoxy) is 1. The molecule has 166 valence electrons. The minimum Gasteiger partial charge on any atom is -0.481 e. The summed E-state index contributed by atoms with van der Waals surface area (Å²) in [6.07, 6.45) is 0. The Balaban J connectivity index is 2.00. The van der Waals surface area contributed by atoms with Crippen molar-refractivity contribution in [3.63, 3.8) is 0 Å². The van der Waals surface area contributed by atoms with Crippen LogP contribution in [0.5, 0.6) is 5.88 Å². The van der Waals surface area contributed by atoms with Gasteiger partial charge in [0.05, 0.1) is 19.2 Å². The predicted octanol–water partition coefficient (Wildman–Crippen LogP) is 8.37. The smallest absolute Gasteiger partial charge is 0.214 e. The van der Waals surface area contributed by atoms with Crippen LogP contribution in [0.2, 0.25) is 16.6 Å². The first-order chi connectivity index (χ1) is 14.7. The van der Waals surface area contributed by atoms with Gasteiger partial charge in [0, 0.05) is 15.9 Å². The largest absolute Gasteiger partial charge is 0.481 e. The van der Waals surface area contributed by atoms with E-state index in [9.17, 15) is 0 Å². The zero-order valence-corrected chi connectivity index (χ0v) is 22.3. The quantitative estimate of drug-likeness (QED) is 0.291. The lowest BCUT2D eigenvalue weighted by Crippen LogP contribution is -2.47. The van der Waals surface area contributed by atoms with Crippen LogP contribution in [0.3, 0.4) is 0 Å². The highest BCUT2D eigenvalue weighted by Gasteiger charge is 2.44. The van der Waals surface area contributed by atoms with E-state index in [1.807, 2.05) is 18.2 Å². The van der Waals surface area contributed by atoms with E-state index in [1.165, 1.54) is 5.56 Å². The Bertz CT molecular complexity index is 1030. The van der Waals surface area contributed by atoms with E-state index in [4.69, 9.17) is 9.16 Å². The summed E-state index contributed by atoms with van der Waals surface area (Å²) < 4.78 is 13.3. The molecule has 31 heavy (non-hydrogen) atoms. The van der Waals surface area contributed by atoms with Crippen LogP contribution in [0, 0.1) is 0 Å². The Morgan fingerprint density at radius 1 is 0.903 bits per heavy atom. The SMILES string of the molecule is COc1cc(-c2cccc(CO[Si](C(C)C)(C(C)C)C(C)C)c2)c2cc(Br)ccc2n1. The molecule has 0 fully saturated rings. The average molecular weight is 501 g/mol. The van der Waals surface area contributed by atoms with Crippen molar-refractivity contribution < 1.29 is 9.16 Å². The van der Waals surface area contributed by atoms with E-state index in [0.29, 0.717) is 29.1 Å². The summed E-state index contributed by atoms with van der Waals surface area (Å²) in [6, 6.07) is 16.8. The first-order valence-electron chi connectivity index (χ1n) is 11.1. The molecule has 0 saturated carbocycles. The number of benzene rings is 2. The highest BCUT2D eigenvalue weighted by atomic mass is 79.9. The summed E-state index contributed by atoms with van der Waals surface area (Å²) in [6.45, 7) is 14.6. The van der Waals surface area contributed by atoms with E-state index in [2.05, 4.69) is 92.8 Å². The van der Waals surface area contributed by atoms with Crippen LogP contribution in [0.4, 0.5) is 0 Å². The summed E-state index contributed by atoms with van der Waals surface area (Å²) in [7, 11) is -0.247. The topological polar surface area (TPSA) is 31.4 Å². The highest BCUT2D eigenvalue weighted by molar-refractivity contribution is 9.10. The van der Waals surface area contributed by atoms with Crippen molar-refractivity contribution in [3.05, 3.63) is 58.6 Å². The Hall–Kier alpha value is -1.69. The van der Waals surface area contributed by atoms with Gasteiger partial charge in [-0.25, -0.2) is 4.98 Å². The van der Waals surface area contributed by atoms with E-state index >= 15 is 0 Å². The molecule has 3 aromatic rings. The second kappa shape index (κ2) is 9.84. The standard InChI is InChI=1S/C26H34BrNO2Si/c1-17(2)31(18(3)4,19(5)6)30-16-20-9-8-10-21(13-20)23-15-26(29-7)28-25-12-11-22(27)14-24(23)25/h8-15,17-19H,16H2,1-7H3. The van der Waals surface area contributed by atoms with Crippen LogP contribution in [-0.4, -0.2) is 20.4 Å². The van der Waals surface area contributed by atoms with Crippen molar-refractivity contribution in [2.24, 2.45) is 0 Å². The molecule has 5 heteroatoms. The van der Waals surface area contributed by atoms with Gasteiger partial charge >= 0.3 is 0 Å². The number of aromatic nitrogens is 1. The maximum absolute atomic E-state index is 6.84. The molecule has 0 N–H and O–H groups in total. The molecule has 0 saturated heterocycles. The second-order valence-electron chi connectivity index (χ2n) is 9.18. The first-order valence-corrected chi connectivity index (χ1v) is 14.0. The van der Waals surface area contributed by atoms with Crippen LogP contribution in [0.25, 0.3) is 22.0 Å². The minimum atomic E-state index is -1.91. The van der Waals surface area contributed by atoms with Gasteiger partial charge in [-0.15, -0.1) is 0 Å². The van der Waals surface area contributed by atoms with Crippen LogP contribution >= 0.6 is 15.9 Å². The number of methoxy groups -OCH3 is 1. The highest BCUT2D eigenvalue weighted by Crippen LogP contribution is 2.43. The molecule has 0 atom stereocenters. The molecule has 0 aliphatic heterocycles. The Morgan fingerprint density at radius 2 is 1.58 bits per heavy atom. The molecule has 1 heterocycles. The van der Waals surface area contributed by atoms with Gasteiger partial charge in [0.1, 0.15) is 0 Å². The molecule has 0 aliphatic rings. The molecular weight excluding hydrogens is 466 g/mol. The van der Waals surface area contributed by atoms with Gasteiger partial charge < -0.3 is 9.16 Å². The second-order valence-corrected chi connectivity index (χ2v) is 15.6. The molecule has 3 rings (SSSR count). The van der Waals surface area contributed by atoms with Gasteiger partial charge in [-0.2, -0.15) is 0 Å². The number of fused-ring (bicyclic) bond motifs is 1. The molecule has 0 radical (unpaired) electrons. The molecule has 0 unspecified atom stereocenters. The number of nitrogens with zero attached hydrogens (tertiary/aromatic N) is 1. The first kappa shape index (κ1) is 24.0. The van der Waals surface area contributed by atoms with E-state index < -0.39 is 8.32 Å². The molecule has 0 aliphatic carbocycles. The number of halogens is 1. The van der Waals surface area contributed by atoms with Gasteiger partial charge in [-0.1, -0.05) is 75.7 Å². The monoisotopic (exact) mass is 499 g/mol. The Labute approximate surface area is 196 Å². The molecule has 2 aromatic carbocycles. The lowest BCUT2D eigenvalue weighted by Gasteiger charge is -2.42. The predicted molar refractivity (Wildman–Crippen MR) is 137 cm³/mol. The van der Waals surface area contributed by atoms with Gasteiger partial charge in [0.25, 0.3) is 0 Å². The lowest BCUT2D eigenvalue weighted by molar-refractivity contribution is 0.266. The summed E-state index contributed by atoms with van der Waals surface area (Å²) in [5.41, 5.74) is 6.10. The molecule has 1 aromatic heterocycles. The zero-order valence-electron chi connectivity index (χ0n) is 19.7. The van der Waals surface area contributed by atoms with E-state index in [1.54, 1.807) is 7.11 Å². The Morgan fingerprint density at radius 3 is 2.19 bits per heavy atom. The van der Waals surface area contributed by atoms with Crippen molar-refractivity contribution >= 4 is 35.2 Å². The van der Waals surface area contributed by atoms with Crippen LogP contribution in [0.15, 0.2) is 53.0 Å². The summed E-state index contributed by atoms with van der Waals surface area (Å²) in [5, 5.41) is 1.10. The molecule has 0 spiro atoms. The summed E-state index contributed by atoms with van der Waals surface area (Å²) in [5.74, 6) is 0.623. The summed E-state index contributed by atoms with van der Waals surface area (Å²) in [4.78, 5) is 4.61. The molecule has 0 amide bonds. The molecule has 3 nitrogen and oxygen atoms in total. The van der Waals surface area contributed by atoms with Gasteiger partial charge in [-0.05, 0) is 57.6 Å². The van der Waals surface area contributed by atoms with Crippen molar-refractivity contribution in [3.8, 4) is 17.0 Å². The van der Waals surface area contributed by atoms with Crippen molar-refractivity contribution in [2.45, 2.75) is 64.8 Å². The fourth-order valence-electron chi connectivity index (χ4n) is 5.05. The molecular formula is C26H34BrNO2Si. The number of pyridine rings is 1. The normalized spacial score (nSPS) is 12.4. The van der Waals surface area contributed by atoms with Gasteiger partial charge in [0.15, 0.2) is 0 Å². The third-order valence-electron chi connectivity index (χ3n) is 6.39. The Kier molecular flexibility index (Phi) is 7.61. The van der Waals surface area contributed by atoms with Crippen molar-refractivity contribution in [2.75, 3.05) is 7.11 Å². The fourth-order valence-corrected chi connectivity index (χ4v) is 10.8. The number of rotatable bonds is 8. The van der Waals surface area contributed by atoms with Crippen molar-refractivity contribution in [1.82, 2.24) is 4.98 Å². The van der Waals surface area contributed by atoms with Crippen molar-refractivity contribution in [1.29, 1.82) is 0 Å². The third-order valence-corrected chi connectivity index (χ3v) is 12.9.